The first-order valence-corrected chi connectivity index (χ1v) is 11.8. The molecule has 5 rings (SSSR count). The number of hydrogen-bond donors (Lipinski definition) is 2. The number of hydrogen-bond acceptors (Lipinski definition) is 6. The van der Waals surface area contributed by atoms with Crippen LogP contribution in [0.15, 0.2) is 85.7 Å². The van der Waals surface area contributed by atoms with Gasteiger partial charge in [0, 0.05) is 53.0 Å². The SMILES string of the molecule is Cc1cn(-c2cc(NC(=O)c3ccc(C)c(Nc4nccc(-c5cccnc5)n4)c3)cc(C(F)(F)F)c2)cn1.Cl.Cl.Cl. The van der Waals surface area contributed by atoms with Crippen LogP contribution in [0.4, 0.5) is 30.5 Å². The van der Waals surface area contributed by atoms with Crippen LogP contribution in [0.5, 0.6) is 0 Å². The summed E-state index contributed by atoms with van der Waals surface area (Å²) < 4.78 is 42.3. The molecular weight excluding hydrogens is 614 g/mol. The minimum atomic E-state index is -4.60. The second-order valence-electron chi connectivity index (χ2n) is 8.80. The first-order chi connectivity index (χ1) is 18.7. The lowest BCUT2D eigenvalue weighted by atomic mass is 10.1. The quantitative estimate of drug-likeness (QED) is 0.199. The summed E-state index contributed by atoms with van der Waals surface area (Å²) in [6.45, 7) is 3.58. The van der Waals surface area contributed by atoms with Crippen LogP contribution < -0.4 is 10.6 Å². The van der Waals surface area contributed by atoms with E-state index in [1.165, 1.54) is 17.0 Å². The van der Waals surface area contributed by atoms with Crippen LogP contribution >= 0.6 is 37.2 Å². The molecule has 8 nitrogen and oxygen atoms in total. The molecule has 0 saturated carbocycles. The fourth-order valence-electron chi connectivity index (χ4n) is 3.87. The van der Waals surface area contributed by atoms with E-state index >= 15 is 0 Å². The molecule has 0 aliphatic carbocycles. The lowest BCUT2D eigenvalue weighted by Crippen LogP contribution is -2.14. The lowest BCUT2D eigenvalue weighted by Gasteiger charge is -2.14. The summed E-state index contributed by atoms with van der Waals surface area (Å²) in [6, 6.07) is 13.7. The molecule has 0 fully saturated rings. The number of nitrogens with one attached hydrogen (secondary N) is 2. The minimum Gasteiger partial charge on any atom is -0.324 e. The van der Waals surface area contributed by atoms with Crippen LogP contribution in [0.25, 0.3) is 16.9 Å². The van der Waals surface area contributed by atoms with E-state index in [4.69, 9.17) is 0 Å². The highest BCUT2D eigenvalue weighted by atomic mass is 35.5. The van der Waals surface area contributed by atoms with Crippen molar-refractivity contribution in [3.63, 3.8) is 0 Å². The Morgan fingerprint density at radius 1 is 0.929 bits per heavy atom. The molecule has 5 aromatic rings. The zero-order valence-electron chi connectivity index (χ0n) is 22.1. The Morgan fingerprint density at radius 3 is 2.38 bits per heavy atom. The molecular formula is C28H25Cl3F3N7O. The Hall–Kier alpha value is -4.19. The Balaban J connectivity index is 0.00000205. The normalized spacial score (nSPS) is 10.5. The molecule has 2 N–H and O–H groups in total. The number of rotatable bonds is 6. The van der Waals surface area contributed by atoms with E-state index in [1.54, 1.807) is 62.0 Å². The zero-order chi connectivity index (χ0) is 27.6. The number of halogens is 6. The molecule has 14 heteroatoms. The zero-order valence-corrected chi connectivity index (χ0v) is 24.5. The monoisotopic (exact) mass is 637 g/mol. The van der Waals surface area contributed by atoms with Gasteiger partial charge in [0.05, 0.1) is 23.3 Å². The predicted octanol–water partition coefficient (Wildman–Crippen LogP) is 7.62. The van der Waals surface area contributed by atoms with Gasteiger partial charge in [-0.1, -0.05) is 6.07 Å². The summed E-state index contributed by atoms with van der Waals surface area (Å²) in [5.41, 5.74) is 3.09. The van der Waals surface area contributed by atoms with Crippen molar-refractivity contribution < 1.29 is 18.0 Å². The van der Waals surface area contributed by atoms with Gasteiger partial charge in [-0.15, -0.1) is 37.2 Å². The number of benzene rings is 2. The number of aryl methyl sites for hydroxylation is 2. The van der Waals surface area contributed by atoms with Crippen LogP contribution in [0.1, 0.15) is 27.2 Å². The van der Waals surface area contributed by atoms with Gasteiger partial charge in [0.15, 0.2) is 0 Å². The Labute approximate surface area is 258 Å². The maximum Gasteiger partial charge on any atom is 0.416 e. The Bertz CT molecular complexity index is 1660. The highest BCUT2D eigenvalue weighted by Gasteiger charge is 2.31. The third kappa shape index (κ3) is 7.96. The molecule has 0 saturated heterocycles. The Kier molecular flexibility index (Phi) is 11.4. The van der Waals surface area contributed by atoms with E-state index in [9.17, 15) is 18.0 Å². The van der Waals surface area contributed by atoms with Gasteiger partial charge in [-0.3, -0.25) is 9.78 Å². The molecule has 3 heterocycles. The van der Waals surface area contributed by atoms with Gasteiger partial charge in [0.25, 0.3) is 5.91 Å². The highest BCUT2D eigenvalue weighted by Crippen LogP contribution is 2.33. The summed E-state index contributed by atoms with van der Waals surface area (Å²) >= 11 is 0. The standard InChI is InChI=1S/C28H22F3N7O.3ClH/c1-17-5-6-19(10-25(17)37-27-33-9-7-24(36-27)20-4-3-8-32-14-20)26(39)35-22-11-21(28(29,30)31)12-23(13-22)38-15-18(2)34-16-38;;;/h3-16H,1-2H3,(H,35,39)(H,33,36,37);3*1H. The van der Waals surface area contributed by atoms with E-state index in [1.807, 2.05) is 13.0 Å². The van der Waals surface area contributed by atoms with E-state index < -0.39 is 17.6 Å². The van der Waals surface area contributed by atoms with Crippen LogP contribution in [-0.2, 0) is 6.18 Å². The summed E-state index contributed by atoms with van der Waals surface area (Å²) in [5, 5.41) is 5.71. The number of amides is 1. The molecule has 0 spiro atoms. The number of carbonyl (C=O) groups is 1. The van der Waals surface area contributed by atoms with Gasteiger partial charge in [-0.25, -0.2) is 15.0 Å². The molecule has 0 aliphatic heterocycles. The maximum absolute atomic E-state index is 13.6. The van der Waals surface area contributed by atoms with E-state index in [-0.39, 0.29) is 54.2 Å². The number of imidazole rings is 1. The number of alkyl halides is 3. The van der Waals surface area contributed by atoms with Gasteiger partial charge in [-0.05, 0) is 67.9 Å². The summed E-state index contributed by atoms with van der Waals surface area (Å²) in [7, 11) is 0. The number of nitrogens with zero attached hydrogens (tertiary/aromatic N) is 5. The van der Waals surface area contributed by atoms with Crippen molar-refractivity contribution in [1.29, 1.82) is 0 Å². The molecule has 0 bridgehead atoms. The lowest BCUT2D eigenvalue weighted by molar-refractivity contribution is -0.137. The second kappa shape index (κ2) is 14.1. The Morgan fingerprint density at radius 2 is 1.71 bits per heavy atom. The van der Waals surface area contributed by atoms with Crippen molar-refractivity contribution in [3.05, 3.63) is 108 Å². The fourth-order valence-corrected chi connectivity index (χ4v) is 3.87. The van der Waals surface area contributed by atoms with Crippen LogP contribution in [0.3, 0.4) is 0 Å². The van der Waals surface area contributed by atoms with Gasteiger partial charge in [0.1, 0.15) is 0 Å². The number of anilines is 3. The fraction of sp³-hybridized carbons (Fsp3) is 0.107. The van der Waals surface area contributed by atoms with Crippen molar-refractivity contribution in [1.82, 2.24) is 24.5 Å². The van der Waals surface area contributed by atoms with Crippen LogP contribution in [0.2, 0.25) is 0 Å². The van der Waals surface area contributed by atoms with Gasteiger partial charge in [-0.2, -0.15) is 13.2 Å². The first kappa shape index (κ1) is 34.0. The second-order valence-corrected chi connectivity index (χ2v) is 8.80. The minimum absolute atomic E-state index is 0. The van der Waals surface area contributed by atoms with Crippen molar-refractivity contribution in [2.24, 2.45) is 0 Å². The maximum atomic E-state index is 13.6. The molecule has 0 aliphatic rings. The molecule has 1 amide bonds. The largest absolute Gasteiger partial charge is 0.416 e. The van der Waals surface area contributed by atoms with Crippen molar-refractivity contribution in [2.45, 2.75) is 20.0 Å². The number of carbonyl (C=O) groups excluding carboxylic acids is 1. The average molecular weight is 639 g/mol. The molecule has 42 heavy (non-hydrogen) atoms. The predicted molar refractivity (Wildman–Crippen MR) is 163 cm³/mol. The molecule has 0 unspecified atom stereocenters. The molecule has 0 atom stereocenters. The van der Waals surface area contributed by atoms with Gasteiger partial charge < -0.3 is 15.2 Å². The molecule has 0 radical (unpaired) electrons. The molecule has 220 valence electrons. The average Bonchev–Trinajstić information content (AvgIpc) is 3.36. The third-order valence-corrected chi connectivity index (χ3v) is 5.87. The highest BCUT2D eigenvalue weighted by molar-refractivity contribution is 6.05. The topological polar surface area (TPSA) is 97.6 Å². The van der Waals surface area contributed by atoms with Crippen molar-refractivity contribution in [3.8, 4) is 16.9 Å². The van der Waals surface area contributed by atoms with Crippen LogP contribution in [0, 0.1) is 13.8 Å². The van der Waals surface area contributed by atoms with Crippen molar-refractivity contribution >= 4 is 60.5 Å². The summed E-state index contributed by atoms with van der Waals surface area (Å²) in [6.07, 6.45) is 3.38. The van der Waals surface area contributed by atoms with E-state index in [0.717, 1.165) is 23.3 Å². The van der Waals surface area contributed by atoms with E-state index in [0.29, 0.717) is 23.0 Å². The van der Waals surface area contributed by atoms with Gasteiger partial charge in [0.2, 0.25) is 5.95 Å². The van der Waals surface area contributed by atoms with Crippen LogP contribution in [-0.4, -0.2) is 30.4 Å². The number of pyridine rings is 1. The third-order valence-electron chi connectivity index (χ3n) is 5.87. The van der Waals surface area contributed by atoms with E-state index in [2.05, 4.69) is 30.6 Å². The smallest absolute Gasteiger partial charge is 0.324 e. The number of aromatic nitrogens is 5. The molecule has 3 aromatic heterocycles. The summed E-state index contributed by atoms with van der Waals surface area (Å²) in [5.74, 6) is -0.259. The van der Waals surface area contributed by atoms with Crippen molar-refractivity contribution in [2.75, 3.05) is 10.6 Å². The summed E-state index contributed by atoms with van der Waals surface area (Å²) in [4.78, 5) is 30.1. The van der Waals surface area contributed by atoms with Gasteiger partial charge >= 0.3 is 6.18 Å². The first-order valence-electron chi connectivity index (χ1n) is 11.8. The molecule has 2 aromatic carbocycles.